The number of hydrogen-bond acceptors (Lipinski definition) is 5. The summed E-state index contributed by atoms with van der Waals surface area (Å²) in [5.74, 6) is 0.896. The summed E-state index contributed by atoms with van der Waals surface area (Å²) in [6, 6.07) is 17.8. The van der Waals surface area contributed by atoms with E-state index in [9.17, 15) is 13.2 Å². The van der Waals surface area contributed by atoms with Crippen molar-refractivity contribution in [1.29, 1.82) is 0 Å². The Kier molecular flexibility index (Phi) is 7.84. The molecule has 174 valence electrons. The van der Waals surface area contributed by atoms with Crippen LogP contribution in [-0.2, 0) is 14.8 Å². The zero-order valence-electron chi connectivity index (χ0n) is 18.5. The van der Waals surface area contributed by atoms with Crippen LogP contribution in [0.5, 0.6) is 11.5 Å². The molecule has 2 N–H and O–H groups in total. The van der Waals surface area contributed by atoms with Crippen LogP contribution in [0.1, 0.15) is 18.9 Å². The Morgan fingerprint density at radius 1 is 1.00 bits per heavy atom. The van der Waals surface area contributed by atoms with E-state index >= 15 is 0 Å². The van der Waals surface area contributed by atoms with Crippen molar-refractivity contribution in [3.63, 3.8) is 0 Å². The predicted octanol–water partition coefficient (Wildman–Crippen LogP) is 5.25. The molecule has 9 heteroatoms. The first kappa shape index (κ1) is 24.4. The Labute approximate surface area is 198 Å². The smallest absolute Gasteiger partial charge is 0.265 e. The number of nitrogens with one attached hydrogen (secondary N) is 2. The van der Waals surface area contributed by atoms with Gasteiger partial charge in [0.25, 0.3) is 15.9 Å². The van der Waals surface area contributed by atoms with Crippen molar-refractivity contribution < 1.29 is 22.7 Å². The normalized spacial score (nSPS) is 12.0. The van der Waals surface area contributed by atoms with Crippen molar-refractivity contribution in [2.24, 2.45) is 0 Å². The molecule has 0 fully saturated rings. The SMILES string of the molecule is CC[C@@H](Oc1ccc(OC)cc1)C(=O)Nc1ccc(S(=O)(=O)Nc2cc(Cl)ccc2C)cc1. The summed E-state index contributed by atoms with van der Waals surface area (Å²) >= 11 is 5.97. The highest BCUT2D eigenvalue weighted by Crippen LogP contribution is 2.24. The average molecular weight is 489 g/mol. The third kappa shape index (κ3) is 6.40. The van der Waals surface area contributed by atoms with Gasteiger partial charge in [0.1, 0.15) is 11.5 Å². The van der Waals surface area contributed by atoms with Crippen molar-refractivity contribution in [2.45, 2.75) is 31.3 Å². The maximum absolute atomic E-state index is 12.7. The summed E-state index contributed by atoms with van der Waals surface area (Å²) < 4.78 is 38.9. The first-order chi connectivity index (χ1) is 15.7. The molecule has 0 aliphatic carbocycles. The van der Waals surface area contributed by atoms with Crippen molar-refractivity contribution in [3.05, 3.63) is 77.3 Å². The number of aryl methyl sites for hydroxylation is 1. The van der Waals surface area contributed by atoms with E-state index < -0.39 is 16.1 Å². The molecule has 0 heterocycles. The van der Waals surface area contributed by atoms with E-state index in [2.05, 4.69) is 10.0 Å². The first-order valence-corrected chi connectivity index (χ1v) is 12.1. The van der Waals surface area contributed by atoms with Gasteiger partial charge in [-0.3, -0.25) is 9.52 Å². The van der Waals surface area contributed by atoms with Gasteiger partial charge in [0.2, 0.25) is 0 Å². The van der Waals surface area contributed by atoms with E-state index in [0.717, 1.165) is 5.56 Å². The highest BCUT2D eigenvalue weighted by molar-refractivity contribution is 7.92. The summed E-state index contributed by atoms with van der Waals surface area (Å²) in [7, 11) is -2.25. The van der Waals surface area contributed by atoms with E-state index in [4.69, 9.17) is 21.1 Å². The fraction of sp³-hybridized carbons (Fsp3) is 0.208. The summed E-state index contributed by atoms with van der Waals surface area (Å²) in [6.07, 6.45) is -0.262. The number of ether oxygens (including phenoxy) is 2. The third-order valence-corrected chi connectivity index (χ3v) is 6.49. The number of halogens is 1. The van der Waals surface area contributed by atoms with Gasteiger partial charge in [-0.05, 0) is 79.6 Å². The molecule has 0 saturated heterocycles. The Morgan fingerprint density at radius 2 is 1.64 bits per heavy atom. The molecule has 3 aromatic rings. The maximum Gasteiger partial charge on any atom is 0.265 e. The first-order valence-electron chi connectivity index (χ1n) is 10.2. The van der Waals surface area contributed by atoms with E-state index in [1.165, 1.54) is 24.3 Å². The predicted molar refractivity (Wildman–Crippen MR) is 130 cm³/mol. The molecule has 0 aliphatic rings. The lowest BCUT2D eigenvalue weighted by molar-refractivity contribution is -0.122. The highest BCUT2D eigenvalue weighted by Gasteiger charge is 2.20. The fourth-order valence-corrected chi connectivity index (χ4v) is 4.28. The Hall–Kier alpha value is -3.23. The average Bonchev–Trinajstić information content (AvgIpc) is 2.80. The second-order valence-electron chi connectivity index (χ2n) is 7.27. The minimum Gasteiger partial charge on any atom is -0.497 e. The topological polar surface area (TPSA) is 93.7 Å². The number of methoxy groups -OCH3 is 1. The van der Waals surface area contributed by atoms with Gasteiger partial charge in [-0.1, -0.05) is 24.6 Å². The Morgan fingerprint density at radius 3 is 2.24 bits per heavy atom. The number of hydrogen-bond donors (Lipinski definition) is 2. The Balaban J connectivity index is 1.67. The van der Waals surface area contributed by atoms with Crippen molar-refractivity contribution >= 4 is 38.9 Å². The maximum atomic E-state index is 12.7. The minimum absolute atomic E-state index is 0.0569. The van der Waals surface area contributed by atoms with Gasteiger partial charge in [0, 0.05) is 10.7 Å². The lowest BCUT2D eigenvalue weighted by Crippen LogP contribution is -2.32. The van der Waals surface area contributed by atoms with Crippen LogP contribution in [0.4, 0.5) is 11.4 Å². The number of carbonyl (C=O) groups is 1. The molecule has 1 amide bonds. The Bertz CT molecular complexity index is 1210. The van der Waals surface area contributed by atoms with Crippen LogP contribution in [0.3, 0.4) is 0 Å². The molecule has 0 bridgehead atoms. The van der Waals surface area contributed by atoms with E-state index in [1.807, 2.05) is 6.92 Å². The summed E-state index contributed by atoms with van der Waals surface area (Å²) in [5, 5.41) is 3.19. The van der Waals surface area contributed by atoms with Gasteiger partial charge >= 0.3 is 0 Å². The zero-order valence-corrected chi connectivity index (χ0v) is 20.0. The van der Waals surface area contributed by atoms with Crippen LogP contribution in [0.25, 0.3) is 0 Å². The number of amides is 1. The lowest BCUT2D eigenvalue weighted by atomic mass is 10.2. The summed E-state index contributed by atoms with van der Waals surface area (Å²) in [4.78, 5) is 12.7. The third-order valence-electron chi connectivity index (χ3n) is 4.88. The fourth-order valence-electron chi connectivity index (χ4n) is 2.99. The molecule has 3 aromatic carbocycles. The standard InChI is InChI=1S/C24H25ClN2O5S/c1-4-23(32-20-11-9-19(31-3)10-12-20)24(28)26-18-7-13-21(14-8-18)33(29,30)27-22-15-17(25)6-5-16(22)2/h5-15,23,27H,4H2,1-3H3,(H,26,28)/t23-/m1/s1. The second kappa shape index (κ2) is 10.6. The van der Waals surface area contributed by atoms with E-state index in [-0.39, 0.29) is 10.8 Å². The molecule has 33 heavy (non-hydrogen) atoms. The van der Waals surface area contributed by atoms with Crippen LogP contribution >= 0.6 is 11.6 Å². The molecule has 1 atom stereocenters. The zero-order chi connectivity index (χ0) is 24.0. The molecule has 0 unspecified atom stereocenters. The molecule has 0 saturated carbocycles. The highest BCUT2D eigenvalue weighted by atomic mass is 35.5. The minimum atomic E-state index is -3.82. The van der Waals surface area contributed by atoms with Gasteiger partial charge in [-0.2, -0.15) is 0 Å². The van der Waals surface area contributed by atoms with Gasteiger partial charge in [0.05, 0.1) is 17.7 Å². The molecule has 7 nitrogen and oxygen atoms in total. The van der Waals surface area contributed by atoms with Gasteiger partial charge < -0.3 is 14.8 Å². The largest absolute Gasteiger partial charge is 0.497 e. The quantitative estimate of drug-likeness (QED) is 0.429. The summed E-state index contributed by atoms with van der Waals surface area (Å²) in [6.45, 7) is 3.62. The molecule has 3 rings (SSSR count). The number of rotatable bonds is 9. The van der Waals surface area contributed by atoms with Crippen molar-refractivity contribution in [2.75, 3.05) is 17.1 Å². The molecule has 0 spiro atoms. The van der Waals surface area contributed by atoms with Gasteiger partial charge in [-0.15, -0.1) is 0 Å². The van der Waals surface area contributed by atoms with Crippen LogP contribution in [-0.4, -0.2) is 27.5 Å². The van der Waals surface area contributed by atoms with Gasteiger partial charge in [-0.25, -0.2) is 8.42 Å². The van der Waals surface area contributed by atoms with Crippen LogP contribution in [0.2, 0.25) is 5.02 Å². The van der Waals surface area contributed by atoms with Gasteiger partial charge in [0.15, 0.2) is 6.10 Å². The van der Waals surface area contributed by atoms with E-state index in [0.29, 0.717) is 34.3 Å². The second-order valence-corrected chi connectivity index (χ2v) is 9.39. The van der Waals surface area contributed by atoms with Crippen LogP contribution < -0.4 is 19.5 Å². The van der Waals surface area contributed by atoms with Crippen LogP contribution in [0, 0.1) is 6.92 Å². The van der Waals surface area contributed by atoms with Crippen LogP contribution in [0.15, 0.2) is 71.6 Å². The monoisotopic (exact) mass is 488 g/mol. The molecule has 0 aromatic heterocycles. The van der Waals surface area contributed by atoms with Crippen molar-refractivity contribution in [1.82, 2.24) is 0 Å². The number of benzene rings is 3. The molecular weight excluding hydrogens is 464 g/mol. The lowest BCUT2D eigenvalue weighted by Gasteiger charge is -2.17. The number of sulfonamides is 1. The van der Waals surface area contributed by atoms with E-state index in [1.54, 1.807) is 56.5 Å². The number of anilines is 2. The number of carbonyl (C=O) groups excluding carboxylic acids is 1. The molecule has 0 radical (unpaired) electrons. The molecular formula is C24H25ClN2O5S. The summed E-state index contributed by atoms with van der Waals surface area (Å²) in [5.41, 5.74) is 1.60. The van der Waals surface area contributed by atoms with Crippen molar-refractivity contribution in [3.8, 4) is 11.5 Å². The molecule has 0 aliphatic heterocycles.